The summed E-state index contributed by atoms with van der Waals surface area (Å²) >= 11 is 0. The summed E-state index contributed by atoms with van der Waals surface area (Å²) in [7, 11) is 0. The average molecular weight is 665 g/mol. The molecule has 2 aliphatic heterocycles. The molecule has 256 valence electrons. The van der Waals surface area contributed by atoms with Gasteiger partial charge in [0.2, 0.25) is 0 Å². The minimum absolute atomic E-state index is 0.149. The second-order valence-electron chi connectivity index (χ2n) is 15.1. The van der Waals surface area contributed by atoms with Crippen molar-refractivity contribution in [1.82, 2.24) is 35.1 Å². The van der Waals surface area contributed by atoms with Crippen LogP contribution in [0.15, 0.2) is 60.6 Å². The second kappa shape index (κ2) is 11.8. The van der Waals surface area contributed by atoms with Gasteiger partial charge in [-0.05, 0) is 109 Å². The molecule has 1 spiro atoms. The molecule has 49 heavy (non-hydrogen) atoms. The van der Waals surface area contributed by atoms with Crippen molar-refractivity contribution in [1.29, 1.82) is 0 Å². The quantitative estimate of drug-likeness (QED) is 0.210. The summed E-state index contributed by atoms with van der Waals surface area (Å²) in [5, 5.41) is 3.29. The van der Waals surface area contributed by atoms with Crippen molar-refractivity contribution in [3.05, 3.63) is 72.1 Å². The van der Waals surface area contributed by atoms with E-state index in [9.17, 15) is 9.59 Å². The van der Waals surface area contributed by atoms with Crippen molar-refractivity contribution < 1.29 is 19.1 Å². The molecule has 0 radical (unpaired) electrons. The molecule has 2 saturated heterocycles. The van der Waals surface area contributed by atoms with Crippen molar-refractivity contribution in [3.63, 3.8) is 0 Å². The van der Waals surface area contributed by atoms with Crippen molar-refractivity contribution in [3.8, 4) is 11.1 Å². The van der Waals surface area contributed by atoms with Crippen LogP contribution in [0.4, 0.5) is 9.59 Å². The zero-order valence-electron chi connectivity index (χ0n) is 29.0. The Hall–Kier alpha value is -5.13. The van der Waals surface area contributed by atoms with Crippen LogP contribution in [0, 0.1) is 0 Å². The molecule has 2 fully saturated rings. The minimum atomic E-state index is -0.555. The van der Waals surface area contributed by atoms with Gasteiger partial charge in [-0.25, -0.2) is 19.6 Å². The number of hydrogen-bond donors (Lipinski definition) is 3. The van der Waals surface area contributed by atoms with E-state index in [1.165, 1.54) is 0 Å². The molecule has 12 heteroatoms. The first-order valence-electron chi connectivity index (χ1n) is 16.9. The number of rotatable bonds is 5. The van der Waals surface area contributed by atoms with Crippen LogP contribution in [0.25, 0.3) is 38.9 Å². The Morgan fingerprint density at radius 2 is 1.65 bits per heavy atom. The van der Waals surface area contributed by atoms with Crippen LogP contribution in [0.5, 0.6) is 0 Å². The van der Waals surface area contributed by atoms with Crippen LogP contribution >= 0.6 is 0 Å². The predicted octanol–water partition coefficient (Wildman–Crippen LogP) is 6.76. The third-order valence-corrected chi connectivity index (χ3v) is 9.05. The molecule has 4 heterocycles. The SMILES string of the molecule is CC(C)(C)OC(=O)N1CCC[C@H]1c1nc2ccc(-c3ccc4nc(/C(N)=C/NC5=CC56CCCN6C(=O)OC(C)(C)C)cnc4c3)cc2[nH]1. The van der Waals surface area contributed by atoms with E-state index in [0.29, 0.717) is 24.5 Å². The lowest BCUT2D eigenvalue weighted by atomic mass is 10.0. The zero-order chi connectivity index (χ0) is 34.7. The molecule has 0 bridgehead atoms. The molecule has 4 N–H and O–H groups in total. The maximum absolute atomic E-state index is 12.9. The summed E-state index contributed by atoms with van der Waals surface area (Å²) in [4.78, 5) is 47.0. The Kier molecular flexibility index (Phi) is 7.79. The fourth-order valence-electron chi connectivity index (χ4n) is 6.73. The lowest BCUT2D eigenvalue weighted by molar-refractivity contribution is 0.0207. The number of hydrogen-bond acceptors (Lipinski definition) is 9. The van der Waals surface area contributed by atoms with Crippen LogP contribution in [0.2, 0.25) is 0 Å². The van der Waals surface area contributed by atoms with Gasteiger partial charge in [-0.15, -0.1) is 0 Å². The lowest BCUT2D eigenvalue weighted by Crippen LogP contribution is -2.43. The Bertz CT molecular complexity index is 2020. The highest BCUT2D eigenvalue weighted by atomic mass is 16.6. The lowest BCUT2D eigenvalue weighted by Gasteiger charge is -2.29. The molecule has 0 saturated carbocycles. The van der Waals surface area contributed by atoms with Gasteiger partial charge in [-0.1, -0.05) is 12.1 Å². The topological polar surface area (TPSA) is 152 Å². The number of aromatic amines is 1. The van der Waals surface area contributed by atoms with Gasteiger partial charge in [0, 0.05) is 25.0 Å². The number of carbonyl (C=O) groups is 2. The van der Waals surface area contributed by atoms with Crippen LogP contribution < -0.4 is 11.1 Å². The molecule has 2 amide bonds. The fraction of sp³-hybridized carbons (Fsp3) is 0.432. The number of nitrogens with one attached hydrogen (secondary N) is 2. The number of fused-ring (bicyclic) bond motifs is 2. The number of imidazole rings is 1. The summed E-state index contributed by atoms with van der Waals surface area (Å²) < 4.78 is 11.3. The predicted molar refractivity (Wildman–Crippen MR) is 188 cm³/mol. The summed E-state index contributed by atoms with van der Waals surface area (Å²) in [6, 6.07) is 11.9. The van der Waals surface area contributed by atoms with E-state index in [1.807, 2.05) is 71.9 Å². The van der Waals surface area contributed by atoms with Gasteiger partial charge in [0.05, 0.1) is 40.0 Å². The molecule has 1 unspecified atom stereocenters. The Labute approximate surface area is 285 Å². The van der Waals surface area contributed by atoms with Gasteiger partial charge >= 0.3 is 12.2 Å². The van der Waals surface area contributed by atoms with E-state index in [0.717, 1.165) is 70.4 Å². The highest BCUT2D eigenvalue weighted by Crippen LogP contribution is 2.47. The van der Waals surface area contributed by atoms with E-state index < -0.39 is 16.7 Å². The summed E-state index contributed by atoms with van der Waals surface area (Å²) in [5.41, 5.74) is 12.0. The molecule has 2 aromatic carbocycles. The summed E-state index contributed by atoms with van der Waals surface area (Å²) in [6.45, 7) is 12.6. The molecule has 7 rings (SSSR count). The Morgan fingerprint density at radius 3 is 2.41 bits per heavy atom. The highest BCUT2D eigenvalue weighted by molar-refractivity contribution is 5.86. The number of nitrogens with zero attached hydrogens (tertiary/aromatic N) is 5. The molecule has 2 aromatic heterocycles. The first-order chi connectivity index (χ1) is 23.2. The van der Waals surface area contributed by atoms with Gasteiger partial charge in [0.1, 0.15) is 28.3 Å². The molecule has 12 nitrogen and oxygen atoms in total. The van der Waals surface area contributed by atoms with Gasteiger partial charge in [0.25, 0.3) is 0 Å². The van der Waals surface area contributed by atoms with Crippen molar-refractivity contribution >= 4 is 40.0 Å². The number of carbonyl (C=O) groups excluding carboxylic acids is 2. The van der Waals surface area contributed by atoms with Gasteiger partial charge in [-0.3, -0.25) is 14.8 Å². The second-order valence-corrected chi connectivity index (χ2v) is 15.1. The molecule has 3 aliphatic rings. The molecule has 1 aliphatic carbocycles. The van der Waals surface area contributed by atoms with E-state index >= 15 is 0 Å². The van der Waals surface area contributed by atoms with E-state index in [-0.39, 0.29) is 18.2 Å². The molecule has 2 atom stereocenters. The molecular formula is C37H44N8O4. The maximum Gasteiger partial charge on any atom is 0.411 e. The minimum Gasteiger partial charge on any atom is -0.444 e. The van der Waals surface area contributed by atoms with Crippen LogP contribution in [-0.2, 0) is 9.47 Å². The fourth-order valence-corrected chi connectivity index (χ4v) is 6.73. The van der Waals surface area contributed by atoms with Crippen molar-refractivity contribution in [2.24, 2.45) is 5.73 Å². The van der Waals surface area contributed by atoms with E-state index in [4.69, 9.17) is 25.2 Å². The standard InChI is InChI=1S/C37H44N8O4/c1-35(2,3)48-33(46)44-15-7-9-30(44)32-42-26-13-11-23(18-28(26)43-32)22-10-12-25-27(17-22)39-21-29(41-25)24(38)20-40-31-19-37(31)14-8-16-45(37)34(47)49-36(4,5)6/h10-13,17-21,30,40H,7-9,14-16,38H2,1-6H3,(H,42,43)/b24-20-/t30-,37?/m0/s1. The van der Waals surface area contributed by atoms with Crippen LogP contribution in [0.1, 0.15) is 84.8 Å². The maximum atomic E-state index is 12.9. The van der Waals surface area contributed by atoms with Crippen molar-refractivity contribution in [2.75, 3.05) is 13.1 Å². The van der Waals surface area contributed by atoms with Crippen LogP contribution in [-0.4, -0.2) is 71.8 Å². The number of H-pyrrole nitrogens is 1. The van der Waals surface area contributed by atoms with Gasteiger partial charge in [0.15, 0.2) is 0 Å². The smallest absolute Gasteiger partial charge is 0.411 e. The monoisotopic (exact) mass is 664 g/mol. The average Bonchev–Trinajstić information content (AvgIpc) is 3.42. The third kappa shape index (κ3) is 6.51. The van der Waals surface area contributed by atoms with Crippen molar-refractivity contribution in [2.45, 2.75) is 90.0 Å². The van der Waals surface area contributed by atoms with Gasteiger partial charge < -0.3 is 25.5 Å². The number of amides is 2. The third-order valence-electron chi connectivity index (χ3n) is 9.05. The number of benzene rings is 2. The highest BCUT2D eigenvalue weighted by Gasteiger charge is 2.55. The van der Waals surface area contributed by atoms with Crippen LogP contribution in [0.3, 0.4) is 0 Å². The normalized spacial score (nSPS) is 21.1. The first kappa shape index (κ1) is 32.4. The number of nitrogens with two attached hydrogens (primary N) is 1. The van der Waals surface area contributed by atoms with Gasteiger partial charge in [-0.2, -0.15) is 0 Å². The Morgan fingerprint density at radius 1 is 0.939 bits per heavy atom. The largest absolute Gasteiger partial charge is 0.444 e. The summed E-state index contributed by atoms with van der Waals surface area (Å²) in [5.74, 6) is 0.768. The Balaban J connectivity index is 1.04. The summed E-state index contributed by atoms with van der Waals surface area (Å²) in [6.07, 6.45) is 8.30. The number of likely N-dealkylation sites (tertiary alicyclic amines) is 2. The number of ether oxygens (including phenoxy) is 2. The zero-order valence-corrected chi connectivity index (χ0v) is 29.0. The van der Waals surface area contributed by atoms with E-state index in [1.54, 1.807) is 22.2 Å². The van der Waals surface area contributed by atoms with E-state index in [2.05, 4.69) is 27.4 Å². The number of aromatic nitrogens is 4. The first-order valence-corrected chi connectivity index (χ1v) is 16.9. The molecular weight excluding hydrogens is 620 g/mol. The molecule has 4 aromatic rings.